The Morgan fingerprint density at radius 1 is 0.800 bits per heavy atom. The molecule has 2 heteroatoms. The third-order valence-corrected chi connectivity index (χ3v) is 2.68. The molecule has 0 aliphatic heterocycles. The summed E-state index contributed by atoms with van der Waals surface area (Å²) in [5, 5.41) is 0. The van der Waals surface area contributed by atoms with E-state index in [1.807, 2.05) is 0 Å². The van der Waals surface area contributed by atoms with Gasteiger partial charge in [-0.05, 0) is 27.7 Å². The normalized spacial score (nSPS) is 10.8. The van der Waals surface area contributed by atoms with Crippen molar-refractivity contribution in [1.29, 1.82) is 0 Å². The summed E-state index contributed by atoms with van der Waals surface area (Å²) >= 11 is 0. The summed E-state index contributed by atoms with van der Waals surface area (Å²) in [6, 6.07) is 0. The second-order valence-electron chi connectivity index (χ2n) is 2.61. The lowest BCUT2D eigenvalue weighted by Gasteiger charge is -2.34. The fourth-order valence-electron chi connectivity index (χ4n) is 1.34. The van der Waals surface area contributed by atoms with Gasteiger partial charge in [0.15, 0.2) is 0 Å². The fraction of sp³-hybridized carbons (Fsp3) is 1.00. The summed E-state index contributed by atoms with van der Waals surface area (Å²) in [4.78, 5) is 0. The van der Waals surface area contributed by atoms with E-state index in [0.717, 1.165) is 0 Å². The van der Waals surface area contributed by atoms with Crippen LogP contribution in [0, 0.1) is 0 Å². The van der Waals surface area contributed by atoms with Crippen LogP contribution in [0.25, 0.3) is 0 Å². The Bertz CT molecular complexity index is 57.0. The zero-order valence-corrected chi connectivity index (χ0v) is 8.50. The van der Waals surface area contributed by atoms with E-state index in [4.69, 9.17) is 0 Å². The highest BCUT2D eigenvalue weighted by Crippen LogP contribution is 2.03. The van der Waals surface area contributed by atoms with Gasteiger partial charge in [0, 0.05) is 0 Å². The Morgan fingerprint density at radius 3 is 1.00 bits per heavy atom. The van der Waals surface area contributed by atoms with E-state index in [9.17, 15) is 0 Å². The lowest BCUT2D eigenvalue weighted by molar-refractivity contribution is -0.921. The minimum absolute atomic E-state index is 0. The monoisotopic (exact) mass is 163 g/mol. The minimum atomic E-state index is 0. The molecule has 0 aromatic heterocycles. The van der Waals surface area contributed by atoms with Crippen LogP contribution in [0.15, 0.2) is 0 Å². The molecule has 0 aromatic rings. The molecule has 0 unspecified atom stereocenters. The SMILES string of the molecule is CC[N+](CC)(CC)CC.[H+].[S-2]. The molecule has 0 N–H and O–H groups in total. The van der Waals surface area contributed by atoms with Crippen molar-refractivity contribution in [3.8, 4) is 0 Å². The average molecular weight is 163 g/mol. The van der Waals surface area contributed by atoms with Crippen molar-refractivity contribution in [2.24, 2.45) is 0 Å². The van der Waals surface area contributed by atoms with Gasteiger partial charge in [-0.15, -0.1) is 0 Å². The molecule has 0 saturated carbocycles. The first-order chi connectivity index (χ1) is 4.24. The van der Waals surface area contributed by atoms with Gasteiger partial charge in [-0.3, -0.25) is 0 Å². The van der Waals surface area contributed by atoms with Crippen molar-refractivity contribution in [2.45, 2.75) is 27.7 Å². The van der Waals surface area contributed by atoms with Crippen LogP contribution < -0.4 is 0 Å². The zero-order chi connectivity index (χ0) is 7.33. The molecular formula is C8H21NS. The number of quaternary nitrogens is 1. The molecule has 1 nitrogen and oxygen atoms in total. The van der Waals surface area contributed by atoms with Crippen molar-refractivity contribution < 1.29 is 5.91 Å². The molecule has 0 rings (SSSR count). The van der Waals surface area contributed by atoms with E-state index in [1.54, 1.807) is 0 Å². The van der Waals surface area contributed by atoms with Gasteiger partial charge in [0.25, 0.3) is 0 Å². The highest BCUT2D eigenvalue weighted by atomic mass is 32.1. The van der Waals surface area contributed by atoms with Crippen molar-refractivity contribution in [3.63, 3.8) is 0 Å². The summed E-state index contributed by atoms with van der Waals surface area (Å²) in [6.45, 7) is 14.2. The van der Waals surface area contributed by atoms with Crippen LogP contribution in [0.4, 0.5) is 0 Å². The maximum atomic E-state index is 2.27. The van der Waals surface area contributed by atoms with Gasteiger partial charge in [0.2, 0.25) is 0 Å². The smallest absolute Gasteiger partial charge is 1.00 e. The second kappa shape index (κ2) is 6.05. The van der Waals surface area contributed by atoms with Gasteiger partial charge in [-0.2, -0.15) is 0 Å². The largest absolute Gasteiger partial charge is 2.00 e. The second-order valence-corrected chi connectivity index (χ2v) is 2.61. The summed E-state index contributed by atoms with van der Waals surface area (Å²) in [5.41, 5.74) is 0. The maximum Gasteiger partial charge on any atom is 1.00 e. The summed E-state index contributed by atoms with van der Waals surface area (Å²) < 4.78 is 1.28. The third-order valence-electron chi connectivity index (χ3n) is 2.68. The standard InChI is InChI=1S/C8H20N.S/c1-5-9(6-2,7-3)8-4;/h5-8H2,1-4H3;/q+1;-2/p+1. The maximum absolute atomic E-state index is 2.27. The molecule has 10 heavy (non-hydrogen) atoms. The Kier molecular flexibility index (Phi) is 7.83. The number of hydrogen-bond donors (Lipinski definition) is 0. The zero-order valence-electron chi connectivity index (χ0n) is 8.68. The van der Waals surface area contributed by atoms with Gasteiger partial charge >= 0.3 is 1.43 Å². The van der Waals surface area contributed by atoms with Crippen LogP contribution >= 0.6 is 0 Å². The molecule has 0 spiro atoms. The highest BCUT2D eigenvalue weighted by Gasteiger charge is 2.16. The fourth-order valence-corrected chi connectivity index (χ4v) is 1.34. The van der Waals surface area contributed by atoms with Crippen LogP contribution in [0.1, 0.15) is 29.1 Å². The van der Waals surface area contributed by atoms with Crippen molar-refractivity contribution >= 4 is 13.5 Å². The Labute approximate surface area is 73.9 Å². The van der Waals surface area contributed by atoms with Crippen molar-refractivity contribution in [2.75, 3.05) is 26.2 Å². The first-order valence-corrected chi connectivity index (χ1v) is 4.09. The lowest BCUT2D eigenvalue weighted by atomic mass is 10.3. The topological polar surface area (TPSA) is 0 Å². The van der Waals surface area contributed by atoms with E-state index in [-0.39, 0.29) is 14.9 Å². The van der Waals surface area contributed by atoms with Crippen LogP contribution in [0.3, 0.4) is 0 Å². The predicted octanol–water partition coefficient (Wildman–Crippen LogP) is 1.99. The van der Waals surface area contributed by atoms with Crippen LogP contribution in [-0.4, -0.2) is 30.7 Å². The van der Waals surface area contributed by atoms with E-state index < -0.39 is 0 Å². The molecule has 64 valence electrons. The van der Waals surface area contributed by atoms with Gasteiger partial charge < -0.3 is 18.0 Å². The van der Waals surface area contributed by atoms with E-state index in [2.05, 4.69) is 27.7 Å². The molecule has 0 aliphatic rings. The number of nitrogens with zero attached hydrogens (tertiary/aromatic N) is 1. The number of hydrogen-bond acceptors (Lipinski definition) is 0. The van der Waals surface area contributed by atoms with E-state index in [1.165, 1.54) is 30.7 Å². The van der Waals surface area contributed by atoms with Crippen LogP contribution in [0.5, 0.6) is 0 Å². The number of rotatable bonds is 4. The predicted molar refractivity (Wildman–Crippen MR) is 50.9 cm³/mol. The molecular weight excluding hydrogens is 142 g/mol. The van der Waals surface area contributed by atoms with Crippen LogP contribution in [0.2, 0.25) is 0 Å². The molecule has 0 heterocycles. The molecule has 0 fully saturated rings. The van der Waals surface area contributed by atoms with Gasteiger partial charge in [0.05, 0.1) is 26.2 Å². The highest BCUT2D eigenvalue weighted by molar-refractivity contribution is 7.37. The first-order valence-electron chi connectivity index (χ1n) is 4.09. The summed E-state index contributed by atoms with van der Waals surface area (Å²) in [7, 11) is 0. The average Bonchev–Trinajstić information content (AvgIpc) is 1.95. The van der Waals surface area contributed by atoms with Gasteiger partial charge in [-0.25, -0.2) is 0 Å². The Hall–Kier alpha value is 0.310. The van der Waals surface area contributed by atoms with Crippen molar-refractivity contribution in [1.82, 2.24) is 0 Å². The summed E-state index contributed by atoms with van der Waals surface area (Å²) in [5.74, 6) is 0. The van der Waals surface area contributed by atoms with Gasteiger partial charge in [0.1, 0.15) is 0 Å². The third kappa shape index (κ3) is 2.93. The molecule has 0 saturated heterocycles. The molecule has 0 aromatic carbocycles. The molecule has 0 bridgehead atoms. The molecule has 0 aliphatic carbocycles. The summed E-state index contributed by atoms with van der Waals surface area (Å²) in [6.07, 6.45) is 0. The molecule has 0 radical (unpaired) electrons. The molecule has 0 amide bonds. The quantitative estimate of drug-likeness (QED) is 0.556. The van der Waals surface area contributed by atoms with E-state index in [0.29, 0.717) is 0 Å². The van der Waals surface area contributed by atoms with Crippen molar-refractivity contribution in [3.05, 3.63) is 0 Å². The first kappa shape index (κ1) is 12.9. The lowest BCUT2D eigenvalue weighted by Crippen LogP contribution is -2.47. The minimum Gasteiger partial charge on any atom is -2.00 e. The van der Waals surface area contributed by atoms with E-state index >= 15 is 0 Å². The molecule has 0 atom stereocenters. The Balaban J connectivity index is -0.000000320. The Morgan fingerprint density at radius 2 is 1.00 bits per heavy atom. The van der Waals surface area contributed by atoms with Crippen LogP contribution in [-0.2, 0) is 13.5 Å². The van der Waals surface area contributed by atoms with Gasteiger partial charge in [-0.1, -0.05) is 0 Å².